The monoisotopic (exact) mass is 404 g/mol. The summed E-state index contributed by atoms with van der Waals surface area (Å²) in [5, 5.41) is 32.2. The second-order valence-corrected chi connectivity index (χ2v) is 12.0. The minimum Gasteiger partial charge on any atom is -0.393 e. The fraction of sp³-hybridized carbons (Fsp3) is 0.923. The van der Waals surface area contributed by atoms with Crippen molar-refractivity contribution >= 4 is 0 Å². The van der Waals surface area contributed by atoms with Crippen molar-refractivity contribution in [3.63, 3.8) is 0 Å². The summed E-state index contributed by atoms with van der Waals surface area (Å²) >= 11 is 0. The fourth-order valence-electron chi connectivity index (χ4n) is 8.52. The third kappa shape index (κ3) is 3.96. The van der Waals surface area contributed by atoms with Gasteiger partial charge < -0.3 is 15.3 Å². The van der Waals surface area contributed by atoms with E-state index in [1.54, 1.807) is 5.57 Å². The Kier molecular flexibility index (Phi) is 5.99. The van der Waals surface area contributed by atoms with Gasteiger partial charge in [-0.1, -0.05) is 32.4 Å². The average molecular weight is 405 g/mol. The molecule has 166 valence electrons. The van der Waals surface area contributed by atoms with Crippen LogP contribution in [0, 0.1) is 40.9 Å². The quantitative estimate of drug-likeness (QED) is 0.560. The molecule has 0 aromatic rings. The summed E-state index contributed by atoms with van der Waals surface area (Å²) in [6, 6.07) is 0. The Morgan fingerprint density at radius 3 is 2.62 bits per heavy atom. The van der Waals surface area contributed by atoms with Crippen LogP contribution >= 0.6 is 0 Å². The molecular weight excluding hydrogens is 360 g/mol. The van der Waals surface area contributed by atoms with E-state index in [0.717, 1.165) is 37.5 Å². The van der Waals surface area contributed by atoms with Crippen LogP contribution in [-0.4, -0.2) is 33.1 Å². The second-order valence-electron chi connectivity index (χ2n) is 12.0. The van der Waals surface area contributed by atoms with Gasteiger partial charge in [-0.2, -0.15) is 0 Å². The molecule has 0 spiro atoms. The first-order chi connectivity index (χ1) is 13.6. The molecule has 0 aromatic heterocycles. The van der Waals surface area contributed by atoms with Gasteiger partial charge in [-0.05, 0) is 106 Å². The Labute approximate surface area is 178 Å². The minimum absolute atomic E-state index is 0.119. The van der Waals surface area contributed by atoms with Gasteiger partial charge in [0.25, 0.3) is 0 Å². The third-order valence-corrected chi connectivity index (χ3v) is 9.56. The van der Waals surface area contributed by atoms with Crippen LogP contribution in [0.4, 0.5) is 0 Å². The van der Waals surface area contributed by atoms with Gasteiger partial charge >= 0.3 is 0 Å². The Balaban J connectivity index is 1.50. The Hall–Kier alpha value is -0.380. The zero-order valence-corrected chi connectivity index (χ0v) is 19.1. The molecular formula is C26H44O3. The number of hydrogen-bond acceptors (Lipinski definition) is 3. The third-order valence-electron chi connectivity index (χ3n) is 9.56. The van der Waals surface area contributed by atoms with Gasteiger partial charge in [0, 0.05) is 6.42 Å². The lowest BCUT2D eigenvalue weighted by atomic mass is 9.50. The van der Waals surface area contributed by atoms with Crippen LogP contribution in [0.2, 0.25) is 0 Å². The van der Waals surface area contributed by atoms with Crippen molar-refractivity contribution in [1.29, 1.82) is 0 Å². The van der Waals surface area contributed by atoms with E-state index in [1.807, 2.05) is 6.92 Å². The summed E-state index contributed by atoms with van der Waals surface area (Å²) in [7, 11) is 0. The number of aliphatic hydroxyl groups excluding tert-OH is 2. The zero-order valence-electron chi connectivity index (χ0n) is 19.1. The SMILES string of the molecule is CC(C)C[C@H](O)C[C@](C)(O)[C@H]1CC[C@H]2C3CC=C4C[C@H](O)CCC4C3CC[C@@]21C. The minimum atomic E-state index is -0.782. The summed E-state index contributed by atoms with van der Waals surface area (Å²) < 4.78 is 0. The van der Waals surface area contributed by atoms with Gasteiger partial charge in [-0.25, -0.2) is 0 Å². The molecule has 3 unspecified atom stereocenters. The number of rotatable bonds is 5. The zero-order chi connectivity index (χ0) is 21.0. The lowest BCUT2D eigenvalue weighted by Gasteiger charge is -2.55. The summed E-state index contributed by atoms with van der Waals surface area (Å²) in [5.41, 5.74) is 0.962. The summed E-state index contributed by atoms with van der Waals surface area (Å²) in [6.07, 6.45) is 12.3. The molecule has 3 N–H and O–H groups in total. The molecule has 29 heavy (non-hydrogen) atoms. The molecule has 3 fully saturated rings. The standard InChI is InChI=1S/C26H44O3/c1-16(2)13-19(28)15-26(4,29)24-10-9-23-22-7-5-17-14-18(27)6-8-20(17)21(22)11-12-25(23,24)3/h5,16,18-24,27-29H,6-15H2,1-4H3/t18-,19+,20?,21?,22?,23+,24+,25+,26+/m1/s1. The maximum Gasteiger partial charge on any atom is 0.0677 e. The van der Waals surface area contributed by atoms with Gasteiger partial charge in [-0.3, -0.25) is 0 Å². The molecule has 4 aliphatic carbocycles. The first kappa shape index (κ1) is 21.8. The lowest BCUT2D eigenvalue weighted by molar-refractivity contribution is -0.109. The molecule has 4 aliphatic rings. The van der Waals surface area contributed by atoms with E-state index in [1.165, 1.54) is 32.1 Å². The van der Waals surface area contributed by atoms with E-state index < -0.39 is 11.7 Å². The molecule has 3 saturated carbocycles. The topological polar surface area (TPSA) is 60.7 Å². The molecule has 3 nitrogen and oxygen atoms in total. The maximum atomic E-state index is 11.5. The molecule has 0 amide bonds. The van der Waals surface area contributed by atoms with E-state index >= 15 is 0 Å². The second kappa shape index (κ2) is 7.95. The van der Waals surface area contributed by atoms with E-state index in [4.69, 9.17) is 0 Å². The maximum absolute atomic E-state index is 11.5. The number of hydrogen-bond donors (Lipinski definition) is 3. The molecule has 9 atom stereocenters. The van der Waals surface area contributed by atoms with E-state index in [-0.39, 0.29) is 11.5 Å². The van der Waals surface area contributed by atoms with Crippen LogP contribution in [0.25, 0.3) is 0 Å². The molecule has 0 bridgehead atoms. The Morgan fingerprint density at radius 1 is 1.14 bits per heavy atom. The average Bonchev–Trinajstić information content (AvgIpc) is 2.98. The highest BCUT2D eigenvalue weighted by Crippen LogP contribution is 2.65. The van der Waals surface area contributed by atoms with Gasteiger partial charge in [0.1, 0.15) is 0 Å². The Morgan fingerprint density at radius 2 is 1.90 bits per heavy atom. The van der Waals surface area contributed by atoms with Crippen LogP contribution in [0.5, 0.6) is 0 Å². The number of allylic oxidation sites excluding steroid dienone is 1. The van der Waals surface area contributed by atoms with Gasteiger partial charge in [-0.15, -0.1) is 0 Å². The first-order valence-electron chi connectivity index (χ1n) is 12.4. The lowest BCUT2D eigenvalue weighted by Crippen LogP contribution is -2.51. The largest absolute Gasteiger partial charge is 0.393 e. The molecule has 0 radical (unpaired) electrons. The highest BCUT2D eigenvalue weighted by Gasteiger charge is 2.59. The molecule has 0 aliphatic heterocycles. The Bertz CT molecular complexity index is 623. The van der Waals surface area contributed by atoms with Crippen molar-refractivity contribution < 1.29 is 15.3 Å². The number of fused-ring (bicyclic) bond motifs is 5. The molecule has 0 saturated heterocycles. The predicted octanol–water partition coefficient (Wildman–Crippen LogP) is 5.08. The molecule has 0 aromatic carbocycles. The first-order valence-corrected chi connectivity index (χ1v) is 12.4. The van der Waals surface area contributed by atoms with Crippen molar-refractivity contribution in [2.24, 2.45) is 40.9 Å². The van der Waals surface area contributed by atoms with E-state index in [9.17, 15) is 15.3 Å². The predicted molar refractivity (Wildman–Crippen MR) is 117 cm³/mol. The summed E-state index contributed by atoms with van der Waals surface area (Å²) in [4.78, 5) is 0. The van der Waals surface area contributed by atoms with Crippen LogP contribution < -0.4 is 0 Å². The smallest absolute Gasteiger partial charge is 0.0677 e. The van der Waals surface area contributed by atoms with Crippen molar-refractivity contribution in [2.45, 2.75) is 110 Å². The van der Waals surface area contributed by atoms with Crippen molar-refractivity contribution in [2.75, 3.05) is 0 Å². The van der Waals surface area contributed by atoms with Crippen molar-refractivity contribution in [3.05, 3.63) is 11.6 Å². The fourth-order valence-corrected chi connectivity index (χ4v) is 8.52. The van der Waals surface area contributed by atoms with Gasteiger partial charge in [0.2, 0.25) is 0 Å². The molecule has 3 heteroatoms. The summed E-state index contributed by atoms with van der Waals surface area (Å²) in [6.45, 7) is 8.74. The number of aliphatic hydroxyl groups is 3. The van der Waals surface area contributed by atoms with E-state index in [2.05, 4.69) is 26.8 Å². The van der Waals surface area contributed by atoms with Gasteiger partial charge in [0.15, 0.2) is 0 Å². The van der Waals surface area contributed by atoms with Crippen molar-refractivity contribution in [1.82, 2.24) is 0 Å². The normalized spacial score (nSPS) is 45.0. The van der Waals surface area contributed by atoms with Gasteiger partial charge in [0.05, 0.1) is 17.8 Å². The van der Waals surface area contributed by atoms with Crippen LogP contribution in [-0.2, 0) is 0 Å². The highest BCUT2D eigenvalue weighted by atomic mass is 16.3. The van der Waals surface area contributed by atoms with Crippen LogP contribution in [0.3, 0.4) is 0 Å². The summed E-state index contributed by atoms with van der Waals surface area (Å²) in [5.74, 6) is 3.69. The van der Waals surface area contributed by atoms with Crippen molar-refractivity contribution in [3.8, 4) is 0 Å². The molecule has 0 heterocycles. The van der Waals surface area contributed by atoms with E-state index in [0.29, 0.717) is 30.1 Å². The van der Waals surface area contributed by atoms with Crippen LogP contribution in [0.1, 0.15) is 91.9 Å². The molecule has 4 rings (SSSR count). The van der Waals surface area contributed by atoms with Crippen LogP contribution in [0.15, 0.2) is 11.6 Å². The highest BCUT2D eigenvalue weighted by molar-refractivity contribution is 5.20.